The maximum atomic E-state index is 11.9. The van der Waals surface area contributed by atoms with Gasteiger partial charge >= 0.3 is 5.97 Å². The minimum Gasteiger partial charge on any atom is -0.497 e. The second kappa shape index (κ2) is 10.7. The zero-order chi connectivity index (χ0) is 26.1. The number of likely N-dealkylation sites (tertiary alicyclic amines) is 1. The van der Waals surface area contributed by atoms with Crippen molar-refractivity contribution in [2.24, 2.45) is 0 Å². The van der Waals surface area contributed by atoms with Crippen LogP contribution in [0.3, 0.4) is 0 Å². The number of benzene rings is 4. The molecule has 1 fully saturated rings. The van der Waals surface area contributed by atoms with E-state index < -0.39 is 0 Å². The van der Waals surface area contributed by atoms with Gasteiger partial charge in [0.05, 0.1) is 19.8 Å². The predicted molar refractivity (Wildman–Crippen MR) is 150 cm³/mol. The summed E-state index contributed by atoms with van der Waals surface area (Å²) in [6.07, 6.45) is 0.947. The van der Waals surface area contributed by atoms with Gasteiger partial charge in [-0.25, -0.2) is 4.79 Å². The summed E-state index contributed by atoms with van der Waals surface area (Å²) in [5.41, 5.74) is 4.12. The van der Waals surface area contributed by atoms with E-state index in [0.29, 0.717) is 15.6 Å². The molecule has 0 bridgehead atoms. The number of carbonyl (C=O) groups excluding carboxylic acids is 1. The molecule has 1 unspecified atom stereocenters. The third-order valence-electron chi connectivity index (χ3n) is 7.46. The van der Waals surface area contributed by atoms with E-state index >= 15 is 0 Å². The minimum absolute atomic E-state index is 0.128. The normalized spacial score (nSPS) is 18.6. The third-order valence-corrected chi connectivity index (χ3v) is 7.90. The van der Waals surface area contributed by atoms with Crippen molar-refractivity contribution in [2.45, 2.75) is 31.3 Å². The molecule has 6 heteroatoms. The fraction of sp³-hybridized carbons (Fsp3) is 0.258. The van der Waals surface area contributed by atoms with Gasteiger partial charge in [0.2, 0.25) is 0 Å². The fourth-order valence-electron chi connectivity index (χ4n) is 5.45. The van der Waals surface area contributed by atoms with Crippen molar-refractivity contribution in [2.75, 3.05) is 20.8 Å². The first-order valence-corrected chi connectivity index (χ1v) is 13.1. The van der Waals surface area contributed by atoms with Crippen molar-refractivity contribution in [3.8, 4) is 5.75 Å². The van der Waals surface area contributed by atoms with Gasteiger partial charge in [0, 0.05) is 28.7 Å². The van der Waals surface area contributed by atoms with E-state index in [-0.39, 0.29) is 24.0 Å². The van der Waals surface area contributed by atoms with Crippen molar-refractivity contribution in [3.05, 3.63) is 111 Å². The largest absolute Gasteiger partial charge is 0.497 e. The average Bonchev–Trinajstić information content (AvgIpc) is 3.37. The third kappa shape index (κ3) is 5.33. The van der Waals surface area contributed by atoms with E-state index in [1.54, 1.807) is 13.2 Å². The number of carbonyl (C=O) groups is 1. The standard InChI is InChI=1S/C31H29Cl2NO3/c1-19(20-4-6-21(7-5-20)31(35)37-3)34-18-26(25-13-27(32)17-28(33)14-25)16-30(34)24-9-8-23-15-29(36-2)11-10-22(23)12-24/h4-15,17,19,26,30H,16,18H2,1-3H3/t19?,26-,30-/m1/s1. The molecule has 5 rings (SSSR count). The smallest absolute Gasteiger partial charge is 0.337 e. The van der Waals surface area contributed by atoms with Crippen LogP contribution < -0.4 is 4.74 Å². The van der Waals surface area contributed by atoms with E-state index in [0.717, 1.165) is 35.2 Å². The molecule has 0 N–H and O–H groups in total. The van der Waals surface area contributed by atoms with Crippen LogP contribution in [0.1, 0.15) is 58.4 Å². The van der Waals surface area contributed by atoms with E-state index in [9.17, 15) is 4.79 Å². The lowest BCUT2D eigenvalue weighted by atomic mass is 9.93. The van der Waals surface area contributed by atoms with Crippen molar-refractivity contribution in [1.29, 1.82) is 0 Å². The van der Waals surface area contributed by atoms with Gasteiger partial charge in [0.25, 0.3) is 0 Å². The first kappa shape index (κ1) is 25.6. The fourth-order valence-corrected chi connectivity index (χ4v) is 6.00. The molecule has 190 valence electrons. The minimum atomic E-state index is -0.330. The Morgan fingerprint density at radius 2 is 1.54 bits per heavy atom. The lowest BCUT2D eigenvalue weighted by molar-refractivity contribution is 0.0600. The summed E-state index contributed by atoms with van der Waals surface area (Å²) in [4.78, 5) is 14.5. The molecule has 4 aromatic carbocycles. The number of ether oxygens (including phenoxy) is 2. The van der Waals surface area contributed by atoms with Crippen molar-refractivity contribution >= 4 is 39.9 Å². The lowest BCUT2D eigenvalue weighted by Crippen LogP contribution is -2.27. The molecule has 3 atom stereocenters. The molecule has 4 nitrogen and oxygen atoms in total. The number of hydrogen-bond donors (Lipinski definition) is 0. The number of fused-ring (bicyclic) bond motifs is 1. The average molecular weight is 534 g/mol. The van der Waals surface area contributed by atoms with Gasteiger partial charge in [-0.15, -0.1) is 0 Å². The highest BCUT2D eigenvalue weighted by Crippen LogP contribution is 2.46. The molecular formula is C31H29Cl2NO3. The van der Waals surface area contributed by atoms with Crippen molar-refractivity contribution < 1.29 is 14.3 Å². The Hall–Kier alpha value is -3.05. The van der Waals surface area contributed by atoms with E-state index in [1.165, 1.54) is 18.1 Å². The molecule has 0 radical (unpaired) electrons. The molecule has 1 aliphatic heterocycles. The molecule has 4 aromatic rings. The Kier molecular flexibility index (Phi) is 7.43. The summed E-state index contributed by atoms with van der Waals surface area (Å²) in [6.45, 7) is 3.08. The molecule has 1 saturated heterocycles. The summed E-state index contributed by atoms with van der Waals surface area (Å²) < 4.78 is 10.3. The number of methoxy groups -OCH3 is 2. The molecule has 0 aromatic heterocycles. The van der Waals surface area contributed by atoms with Crippen LogP contribution in [0.5, 0.6) is 5.75 Å². The Morgan fingerprint density at radius 1 is 0.865 bits per heavy atom. The number of rotatable bonds is 6. The first-order chi connectivity index (χ1) is 17.9. The SMILES string of the molecule is COC(=O)c1ccc(C(C)N2C[C@H](c3cc(Cl)cc(Cl)c3)C[C@@H]2c2ccc3cc(OC)ccc3c2)cc1. The molecule has 0 aliphatic carbocycles. The number of halogens is 2. The van der Waals surface area contributed by atoms with Gasteiger partial charge in [-0.05, 0) is 95.3 Å². The van der Waals surface area contributed by atoms with Crippen LogP contribution >= 0.6 is 23.2 Å². The zero-order valence-corrected chi connectivity index (χ0v) is 22.6. The molecule has 0 saturated carbocycles. The van der Waals surface area contributed by atoms with E-state index in [1.807, 2.05) is 42.5 Å². The molecule has 1 aliphatic rings. The zero-order valence-electron chi connectivity index (χ0n) is 21.1. The molecule has 1 heterocycles. The Labute approximate surface area is 227 Å². The summed E-state index contributed by atoms with van der Waals surface area (Å²) in [6, 6.07) is 26.7. The van der Waals surface area contributed by atoms with Gasteiger partial charge < -0.3 is 9.47 Å². The molecular weight excluding hydrogens is 505 g/mol. The van der Waals surface area contributed by atoms with Crippen molar-refractivity contribution in [3.63, 3.8) is 0 Å². The highest BCUT2D eigenvalue weighted by atomic mass is 35.5. The van der Waals surface area contributed by atoms with Gasteiger partial charge in [-0.3, -0.25) is 4.90 Å². The van der Waals surface area contributed by atoms with Crippen molar-refractivity contribution in [1.82, 2.24) is 4.90 Å². The van der Waals surface area contributed by atoms with Crippen LogP contribution in [-0.4, -0.2) is 31.6 Å². The predicted octanol–water partition coefficient (Wildman–Crippen LogP) is 8.23. The number of esters is 1. The second-order valence-electron chi connectivity index (χ2n) is 9.61. The van der Waals surface area contributed by atoms with Gasteiger partial charge in [-0.2, -0.15) is 0 Å². The Morgan fingerprint density at radius 3 is 2.22 bits per heavy atom. The van der Waals surface area contributed by atoms with Crippen LogP contribution in [-0.2, 0) is 4.74 Å². The Balaban J connectivity index is 1.51. The maximum Gasteiger partial charge on any atom is 0.337 e. The monoisotopic (exact) mass is 533 g/mol. The highest BCUT2D eigenvalue weighted by molar-refractivity contribution is 6.34. The highest BCUT2D eigenvalue weighted by Gasteiger charge is 2.37. The number of hydrogen-bond acceptors (Lipinski definition) is 4. The van der Waals surface area contributed by atoms with Gasteiger partial charge in [0.15, 0.2) is 0 Å². The lowest BCUT2D eigenvalue weighted by Gasteiger charge is -2.31. The van der Waals surface area contributed by atoms with Crippen LogP contribution in [0.4, 0.5) is 0 Å². The summed E-state index contributed by atoms with van der Waals surface area (Å²) >= 11 is 12.7. The van der Waals surface area contributed by atoms with Gasteiger partial charge in [-0.1, -0.05) is 53.5 Å². The van der Waals surface area contributed by atoms with Crippen LogP contribution in [0.2, 0.25) is 10.0 Å². The van der Waals surface area contributed by atoms with Crippen LogP contribution in [0.15, 0.2) is 78.9 Å². The topological polar surface area (TPSA) is 38.8 Å². The maximum absolute atomic E-state index is 11.9. The Bertz CT molecular complexity index is 1420. The first-order valence-electron chi connectivity index (χ1n) is 12.3. The van der Waals surface area contributed by atoms with E-state index in [4.69, 9.17) is 32.7 Å². The summed E-state index contributed by atoms with van der Waals surface area (Å²) in [7, 11) is 3.09. The number of nitrogens with zero attached hydrogens (tertiary/aromatic N) is 1. The van der Waals surface area contributed by atoms with Gasteiger partial charge in [0.1, 0.15) is 5.75 Å². The molecule has 0 spiro atoms. The summed E-state index contributed by atoms with van der Waals surface area (Å²) in [5.74, 6) is 0.804. The molecule has 0 amide bonds. The van der Waals surface area contributed by atoms with Crippen LogP contribution in [0, 0.1) is 0 Å². The van der Waals surface area contributed by atoms with E-state index in [2.05, 4.69) is 42.2 Å². The molecule has 37 heavy (non-hydrogen) atoms. The quantitative estimate of drug-likeness (QED) is 0.234. The second-order valence-corrected chi connectivity index (χ2v) is 10.5. The summed E-state index contributed by atoms with van der Waals surface area (Å²) in [5, 5.41) is 3.65. The van der Waals surface area contributed by atoms with Crippen LogP contribution in [0.25, 0.3) is 10.8 Å².